The monoisotopic (exact) mass is 225 g/mol. The Kier molecular flexibility index (Phi) is 5.18. The van der Waals surface area contributed by atoms with Gasteiger partial charge in [-0.05, 0) is 25.5 Å². The van der Waals surface area contributed by atoms with E-state index in [0.29, 0.717) is 0 Å². The van der Waals surface area contributed by atoms with Crippen molar-refractivity contribution < 1.29 is 0 Å². The highest BCUT2D eigenvalue weighted by Gasteiger charge is 1.99. The molecule has 1 rings (SSSR count). The second-order valence-electron chi connectivity index (χ2n) is 3.18. The normalized spacial score (nSPS) is 11.5. The van der Waals surface area contributed by atoms with Crippen LogP contribution in [-0.2, 0) is 13.0 Å². The number of nitrogens with zero attached hydrogens (tertiary/aromatic N) is 1. The third-order valence-electron chi connectivity index (χ3n) is 2.06. The van der Waals surface area contributed by atoms with E-state index in [0.717, 1.165) is 25.5 Å². The first-order valence-electron chi connectivity index (χ1n) is 5.32. The van der Waals surface area contributed by atoms with Crippen LogP contribution < -0.4 is 10.6 Å². The van der Waals surface area contributed by atoms with Crippen LogP contribution in [0.15, 0.2) is 17.1 Å². The zero-order chi connectivity index (χ0) is 11.1. The molecule has 0 aliphatic heterocycles. The highest BCUT2D eigenvalue weighted by atomic mass is 32.1. The van der Waals surface area contributed by atoms with Crippen molar-refractivity contribution in [2.75, 3.05) is 13.6 Å². The third-order valence-corrected chi connectivity index (χ3v) is 3.29. The van der Waals surface area contributed by atoms with Gasteiger partial charge < -0.3 is 10.6 Å². The van der Waals surface area contributed by atoms with Crippen LogP contribution in [0.5, 0.6) is 0 Å². The summed E-state index contributed by atoms with van der Waals surface area (Å²) in [4.78, 5) is 6.91. The third kappa shape index (κ3) is 3.91. The summed E-state index contributed by atoms with van der Waals surface area (Å²) in [6, 6.07) is 4.37. The van der Waals surface area contributed by atoms with Gasteiger partial charge in [-0.15, -0.1) is 11.3 Å². The van der Waals surface area contributed by atoms with Gasteiger partial charge in [-0.3, -0.25) is 4.99 Å². The Labute approximate surface area is 95.6 Å². The lowest BCUT2D eigenvalue weighted by Crippen LogP contribution is -2.36. The molecule has 4 heteroatoms. The molecule has 0 spiro atoms. The molecule has 15 heavy (non-hydrogen) atoms. The summed E-state index contributed by atoms with van der Waals surface area (Å²) in [5.74, 6) is 0.865. The maximum Gasteiger partial charge on any atom is 0.191 e. The maximum atomic E-state index is 4.12. The van der Waals surface area contributed by atoms with Crippen LogP contribution >= 0.6 is 11.3 Å². The molecule has 0 radical (unpaired) electrons. The minimum atomic E-state index is 0.852. The minimum absolute atomic E-state index is 0.852. The van der Waals surface area contributed by atoms with E-state index in [4.69, 9.17) is 0 Å². The summed E-state index contributed by atoms with van der Waals surface area (Å²) >= 11 is 1.86. The molecule has 2 N–H and O–H groups in total. The first-order valence-corrected chi connectivity index (χ1v) is 6.13. The standard InChI is InChI=1S/C11H19N3S/c1-4-9-6-7-10(15-9)8-14-11(12-3)13-5-2/h6-7H,4-5,8H2,1-3H3,(H2,12,13,14). The largest absolute Gasteiger partial charge is 0.357 e. The molecule has 1 aromatic heterocycles. The summed E-state index contributed by atoms with van der Waals surface area (Å²) in [6.07, 6.45) is 1.12. The second kappa shape index (κ2) is 6.45. The molecule has 84 valence electrons. The van der Waals surface area contributed by atoms with Crippen LogP contribution in [0.2, 0.25) is 0 Å². The van der Waals surface area contributed by atoms with E-state index in [2.05, 4.69) is 41.6 Å². The fourth-order valence-electron chi connectivity index (χ4n) is 1.27. The van der Waals surface area contributed by atoms with Crippen LogP contribution in [0, 0.1) is 0 Å². The highest BCUT2D eigenvalue weighted by molar-refractivity contribution is 7.11. The molecular formula is C11H19N3S. The topological polar surface area (TPSA) is 36.4 Å². The van der Waals surface area contributed by atoms with Crippen molar-refractivity contribution in [2.45, 2.75) is 26.8 Å². The van der Waals surface area contributed by atoms with E-state index in [9.17, 15) is 0 Å². The van der Waals surface area contributed by atoms with E-state index in [1.54, 1.807) is 7.05 Å². The smallest absolute Gasteiger partial charge is 0.191 e. The molecule has 1 aromatic rings. The Morgan fingerprint density at radius 1 is 1.27 bits per heavy atom. The second-order valence-corrected chi connectivity index (χ2v) is 4.43. The van der Waals surface area contributed by atoms with E-state index in [1.165, 1.54) is 9.75 Å². The molecular weight excluding hydrogens is 206 g/mol. The Hall–Kier alpha value is -1.03. The van der Waals surface area contributed by atoms with Gasteiger partial charge in [0.1, 0.15) is 0 Å². The van der Waals surface area contributed by atoms with Crippen LogP contribution in [-0.4, -0.2) is 19.6 Å². The molecule has 0 fully saturated rings. The summed E-state index contributed by atoms with van der Waals surface area (Å²) < 4.78 is 0. The quantitative estimate of drug-likeness (QED) is 0.607. The van der Waals surface area contributed by atoms with Crippen molar-refractivity contribution in [3.8, 4) is 0 Å². The fraction of sp³-hybridized carbons (Fsp3) is 0.545. The van der Waals surface area contributed by atoms with E-state index in [1.807, 2.05) is 11.3 Å². The average molecular weight is 225 g/mol. The van der Waals surface area contributed by atoms with Gasteiger partial charge in [-0.1, -0.05) is 6.92 Å². The number of hydrogen-bond acceptors (Lipinski definition) is 2. The average Bonchev–Trinajstić information content (AvgIpc) is 2.72. The summed E-state index contributed by atoms with van der Waals surface area (Å²) in [6.45, 7) is 5.99. The zero-order valence-corrected chi connectivity index (χ0v) is 10.4. The van der Waals surface area contributed by atoms with Gasteiger partial charge in [0, 0.05) is 23.3 Å². The van der Waals surface area contributed by atoms with Crippen LogP contribution in [0.3, 0.4) is 0 Å². The molecule has 0 amide bonds. The van der Waals surface area contributed by atoms with E-state index < -0.39 is 0 Å². The van der Waals surface area contributed by atoms with Gasteiger partial charge in [-0.25, -0.2) is 0 Å². The Morgan fingerprint density at radius 3 is 2.53 bits per heavy atom. The van der Waals surface area contributed by atoms with Gasteiger partial charge in [-0.2, -0.15) is 0 Å². The van der Waals surface area contributed by atoms with Gasteiger partial charge in [0.2, 0.25) is 0 Å². The molecule has 0 aliphatic rings. The number of rotatable bonds is 4. The summed E-state index contributed by atoms with van der Waals surface area (Å²) in [5.41, 5.74) is 0. The van der Waals surface area contributed by atoms with Crippen molar-refractivity contribution in [3.63, 3.8) is 0 Å². The molecule has 0 bridgehead atoms. The van der Waals surface area contributed by atoms with Gasteiger partial charge >= 0.3 is 0 Å². The molecule has 0 saturated carbocycles. The van der Waals surface area contributed by atoms with Crippen LogP contribution in [0.4, 0.5) is 0 Å². The zero-order valence-electron chi connectivity index (χ0n) is 9.63. The van der Waals surface area contributed by atoms with Crippen molar-refractivity contribution in [1.29, 1.82) is 0 Å². The first kappa shape index (κ1) is 12.0. The van der Waals surface area contributed by atoms with Crippen molar-refractivity contribution in [2.24, 2.45) is 4.99 Å². The number of aryl methyl sites for hydroxylation is 1. The Morgan fingerprint density at radius 2 is 2.00 bits per heavy atom. The van der Waals surface area contributed by atoms with Crippen LogP contribution in [0.1, 0.15) is 23.6 Å². The van der Waals surface area contributed by atoms with Crippen molar-refractivity contribution in [3.05, 3.63) is 21.9 Å². The minimum Gasteiger partial charge on any atom is -0.357 e. The molecule has 0 aliphatic carbocycles. The Balaban J connectivity index is 2.42. The first-order chi connectivity index (χ1) is 7.30. The lowest BCUT2D eigenvalue weighted by molar-refractivity contribution is 0.838. The fourth-order valence-corrected chi connectivity index (χ4v) is 2.16. The maximum absolute atomic E-state index is 4.12. The number of nitrogens with one attached hydrogen (secondary N) is 2. The molecule has 0 unspecified atom stereocenters. The van der Waals surface area contributed by atoms with Gasteiger partial charge in [0.05, 0.1) is 6.54 Å². The lowest BCUT2D eigenvalue weighted by atomic mass is 10.4. The predicted octanol–water partition coefficient (Wildman–Crippen LogP) is 2.00. The molecule has 0 atom stereocenters. The summed E-state index contributed by atoms with van der Waals surface area (Å²) in [5, 5.41) is 6.44. The van der Waals surface area contributed by atoms with Gasteiger partial charge in [0.15, 0.2) is 5.96 Å². The number of thiophene rings is 1. The number of aliphatic imine (C=N–C) groups is 1. The van der Waals surface area contributed by atoms with Gasteiger partial charge in [0.25, 0.3) is 0 Å². The lowest BCUT2D eigenvalue weighted by Gasteiger charge is -2.08. The van der Waals surface area contributed by atoms with E-state index in [-0.39, 0.29) is 0 Å². The Bertz CT molecular complexity index is 317. The van der Waals surface area contributed by atoms with Crippen molar-refractivity contribution >= 4 is 17.3 Å². The van der Waals surface area contributed by atoms with Crippen molar-refractivity contribution in [1.82, 2.24) is 10.6 Å². The highest BCUT2D eigenvalue weighted by Crippen LogP contribution is 2.16. The molecule has 0 saturated heterocycles. The number of hydrogen-bond donors (Lipinski definition) is 2. The number of guanidine groups is 1. The van der Waals surface area contributed by atoms with Crippen LogP contribution in [0.25, 0.3) is 0 Å². The molecule has 3 nitrogen and oxygen atoms in total. The predicted molar refractivity (Wildman–Crippen MR) is 67.6 cm³/mol. The van der Waals surface area contributed by atoms with E-state index >= 15 is 0 Å². The molecule has 1 heterocycles. The molecule has 0 aromatic carbocycles. The SMILES string of the molecule is CCNC(=NC)NCc1ccc(CC)s1. The summed E-state index contributed by atoms with van der Waals surface area (Å²) in [7, 11) is 1.79.